The second-order valence-corrected chi connectivity index (χ2v) is 8.14. The molecule has 2 amide bonds. The van der Waals surface area contributed by atoms with Gasteiger partial charge in [-0.3, -0.25) is 9.59 Å². The van der Waals surface area contributed by atoms with Gasteiger partial charge < -0.3 is 20.4 Å². The highest BCUT2D eigenvalue weighted by molar-refractivity contribution is 6.32. The minimum absolute atomic E-state index is 0.0559. The molecule has 3 N–H and O–H groups in total. The van der Waals surface area contributed by atoms with Crippen molar-refractivity contribution in [2.24, 2.45) is 5.92 Å². The van der Waals surface area contributed by atoms with E-state index >= 15 is 8.78 Å². The molecule has 10 heteroatoms. The number of anilines is 1. The Labute approximate surface area is 187 Å². The minimum Gasteiger partial charge on any atom is -0.396 e. The SMILES string of the molecule is Cc1cc(NC(=O)c2ccc(Cl)c(C(F)(F)C(=O)N3CCC(O)C(CO)C3)c2)ccc1F. The molecule has 0 saturated carbocycles. The normalized spacial score (nSPS) is 19.0. The van der Waals surface area contributed by atoms with Crippen LogP contribution in [0.15, 0.2) is 36.4 Å². The summed E-state index contributed by atoms with van der Waals surface area (Å²) in [6.45, 7) is 0.732. The number of aliphatic hydroxyl groups excluding tert-OH is 2. The van der Waals surface area contributed by atoms with E-state index in [0.717, 1.165) is 17.0 Å². The fraction of sp³-hybridized carbons (Fsp3) is 0.364. The summed E-state index contributed by atoms with van der Waals surface area (Å²) in [4.78, 5) is 26.0. The molecule has 0 radical (unpaired) electrons. The Morgan fingerprint density at radius 2 is 1.97 bits per heavy atom. The molecule has 1 aliphatic heterocycles. The van der Waals surface area contributed by atoms with Crippen LogP contribution in [0.25, 0.3) is 0 Å². The Hall–Kier alpha value is -2.62. The fourth-order valence-corrected chi connectivity index (χ4v) is 3.77. The molecule has 0 spiro atoms. The van der Waals surface area contributed by atoms with Crippen molar-refractivity contribution in [1.82, 2.24) is 4.90 Å². The monoisotopic (exact) mass is 470 g/mol. The predicted molar refractivity (Wildman–Crippen MR) is 112 cm³/mol. The van der Waals surface area contributed by atoms with Crippen molar-refractivity contribution in [3.63, 3.8) is 0 Å². The zero-order valence-corrected chi connectivity index (χ0v) is 17.9. The lowest BCUT2D eigenvalue weighted by Gasteiger charge is -2.37. The number of nitrogens with one attached hydrogen (secondary N) is 1. The van der Waals surface area contributed by atoms with E-state index in [1.807, 2.05) is 0 Å². The zero-order valence-electron chi connectivity index (χ0n) is 17.1. The highest BCUT2D eigenvalue weighted by Gasteiger charge is 2.47. The van der Waals surface area contributed by atoms with Gasteiger partial charge in [0, 0.05) is 30.3 Å². The van der Waals surface area contributed by atoms with Crippen molar-refractivity contribution in [3.05, 3.63) is 63.9 Å². The van der Waals surface area contributed by atoms with E-state index in [1.54, 1.807) is 0 Å². The van der Waals surface area contributed by atoms with Crippen LogP contribution in [0.1, 0.15) is 27.9 Å². The standard InChI is InChI=1S/C22H22ClF3N2O4/c1-12-8-15(3-5-18(12)24)27-20(31)13-2-4-17(23)16(9-13)22(25,26)21(32)28-7-6-19(30)14(10-28)11-29/h2-5,8-9,14,19,29-30H,6-7,10-11H2,1H3,(H,27,31). The van der Waals surface area contributed by atoms with Gasteiger partial charge in [0.2, 0.25) is 0 Å². The fourth-order valence-electron chi connectivity index (χ4n) is 3.53. The highest BCUT2D eigenvalue weighted by Crippen LogP contribution is 2.37. The highest BCUT2D eigenvalue weighted by atomic mass is 35.5. The number of carbonyl (C=O) groups excluding carboxylic acids is 2. The van der Waals surface area contributed by atoms with Gasteiger partial charge in [0.15, 0.2) is 0 Å². The average molecular weight is 471 g/mol. The number of amides is 2. The Bertz CT molecular complexity index is 1030. The average Bonchev–Trinajstić information content (AvgIpc) is 2.76. The second kappa shape index (κ2) is 9.48. The van der Waals surface area contributed by atoms with Crippen LogP contribution in [-0.2, 0) is 10.7 Å². The van der Waals surface area contributed by atoms with Gasteiger partial charge in [-0.2, -0.15) is 8.78 Å². The first-order chi connectivity index (χ1) is 15.0. The quantitative estimate of drug-likeness (QED) is 0.625. The lowest BCUT2D eigenvalue weighted by molar-refractivity contribution is -0.163. The molecular weight excluding hydrogens is 449 g/mol. The molecule has 0 aliphatic carbocycles. The maximum atomic E-state index is 15.1. The topological polar surface area (TPSA) is 89.9 Å². The zero-order chi connectivity index (χ0) is 23.6. The third-order valence-corrected chi connectivity index (χ3v) is 5.80. The van der Waals surface area contributed by atoms with Crippen molar-refractivity contribution in [2.45, 2.75) is 25.4 Å². The summed E-state index contributed by atoms with van der Waals surface area (Å²) >= 11 is 5.94. The Morgan fingerprint density at radius 3 is 2.62 bits per heavy atom. The van der Waals surface area contributed by atoms with Crippen molar-refractivity contribution in [2.75, 3.05) is 25.0 Å². The largest absolute Gasteiger partial charge is 0.396 e. The van der Waals surface area contributed by atoms with E-state index in [9.17, 15) is 24.2 Å². The van der Waals surface area contributed by atoms with Crippen LogP contribution in [0.3, 0.4) is 0 Å². The molecule has 32 heavy (non-hydrogen) atoms. The number of carbonyl (C=O) groups is 2. The summed E-state index contributed by atoms with van der Waals surface area (Å²) in [5.74, 6) is -7.49. The number of halogens is 4. The molecule has 6 nitrogen and oxygen atoms in total. The Morgan fingerprint density at radius 1 is 1.25 bits per heavy atom. The van der Waals surface area contributed by atoms with Crippen LogP contribution >= 0.6 is 11.6 Å². The van der Waals surface area contributed by atoms with E-state index in [4.69, 9.17) is 11.6 Å². The first-order valence-electron chi connectivity index (χ1n) is 9.88. The smallest absolute Gasteiger partial charge is 0.351 e. The van der Waals surface area contributed by atoms with Crippen LogP contribution in [0.5, 0.6) is 0 Å². The molecule has 1 aliphatic rings. The van der Waals surface area contributed by atoms with E-state index in [1.165, 1.54) is 31.2 Å². The van der Waals surface area contributed by atoms with Crippen molar-refractivity contribution >= 4 is 29.1 Å². The Kier molecular flexibility index (Phi) is 7.12. The van der Waals surface area contributed by atoms with Crippen LogP contribution in [0.4, 0.5) is 18.9 Å². The molecule has 0 aromatic heterocycles. The molecule has 2 aromatic carbocycles. The van der Waals surface area contributed by atoms with Gasteiger partial charge in [-0.15, -0.1) is 0 Å². The molecule has 1 heterocycles. The van der Waals surface area contributed by atoms with Crippen LogP contribution < -0.4 is 5.32 Å². The molecular formula is C22H22ClF3N2O4. The van der Waals surface area contributed by atoms with Crippen molar-refractivity contribution in [3.8, 4) is 0 Å². The number of likely N-dealkylation sites (tertiary alicyclic amines) is 1. The van der Waals surface area contributed by atoms with Gasteiger partial charge >= 0.3 is 5.92 Å². The number of hydrogen-bond donors (Lipinski definition) is 3. The van der Waals surface area contributed by atoms with Gasteiger partial charge in [-0.25, -0.2) is 4.39 Å². The summed E-state index contributed by atoms with van der Waals surface area (Å²) in [7, 11) is 0. The second-order valence-electron chi connectivity index (χ2n) is 7.74. The third-order valence-electron chi connectivity index (χ3n) is 5.47. The van der Waals surface area contributed by atoms with Gasteiger partial charge in [0.1, 0.15) is 5.82 Å². The van der Waals surface area contributed by atoms with Crippen molar-refractivity contribution < 1.29 is 33.0 Å². The van der Waals surface area contributed by atoms with E-state index < -0.39 is 52.8 Å². The number of piperidine rings is 1. The van der Waals surface area contributed by atoms with Crippen LogP contribution in [0, 0.1) is 18.7 Å². The van der Waals surface area contributed by atoms with Crippen LogP contribution in [0.2, 0.25) is 5.02 Å². The summed E-state index contributed by atoms with van der Waals surface area (Å²) in [6, 6.07) is 7.06. The van der Waals surface area contributed by atoms with E-state index in [2.05, 4.69) is 5.32 Å². The minimum atomic E-state index is -4.04. The Balaban J connectivity index is 1.84. The summed E-state index contributed by atoms with van der Waals surface area (Å²) in [6.07, 6.45) is -0.830. The van der Waals surface area contributed by atoms with E-state index in [-0.39, 0.29) is 30.8 Å². The van der Waals surface area contributed by atoms with Gasteiger partial charge in [0.25, 0.3) is 11.8 Å². The van der Waals surface area contributed by atoms with E-state index in [0.29, 0.717) is 5.56 Å². The first kappa shape index (κ1) is 24.0. The van der Waals surface area contributed by atoms with Gasteiger partial charge in [-0.05, 0) is 55.3 Å². The molecule has 2 aromatic rings. The number of aryl methyl sites for hydroxylation is 1. The van der Waals surface area contributed by atoms with Crippen molar-refractivity contribution in [1.29, 1.82) is 0 Å². The molecule has 3 rings (SSSR count). The predicted octanol–water partition coefficient (Wildman–Crippen LogP) is 3.33. The summed E-state index contributed by atoms with van der Waals surface area (Å²) in [5, 5.41) is 21.2. The number of aliphatic hydroxyl groups is 2. The maximum Gasteiger partial charge on any atom is 0.351 e. The molecule has 172 valence electrons. The van der Waals surface area contributed by atoms with Gasteiger partial charge in [0.05, 0.1) is 23.3 Å². The number of hydrogen-bond acceptors (Lipinski definition) is 4. The first-order valence-corrected chi connectivity index (χ1v) is 10.3. The molecule has 2 atom stereocenters. The molecule has 0 bridgehead atoms. The molecule has 1 saturated heterocycles. The number of rotatable bonds is 5. The molecule has 2 unspecified atom stereocenters. The lowest BCUT2D eigenvalue weighted by atomic mass is 9.94. The lowest BCUT2D eigenvalue weighted by Crippen LogP contribution is -2.51. The maximum absolute atomic E-state index is 15.1. The number of alkyl halides is 2. The summed E-state index contributed by atoms with van der Waals surface area (Å²) < 4.78 is 43.6. The number of nitrogens with zero attached hydrogens (tertiary/aromatic N) is 1. The van der Waals surface area contributed by atoms with Crippen LogP contribution in [-0.4, -0.2) is 52.7 Å². The van der Waals surface area contributed by atoms with Gasteiger partial charge in [-0.1, -0.05) is 11.6 Å². The number of benzene rings is 2. The summed E-state index contributed by atoms with van der Waals surface area (Å²) in [5.41, 5.74) is -0.431. The third kappa shape index (κ3) is 4.90. The molecule has 1 fully saturated rings.